The van der Waals surface area contributed by atoms with Gasteiger partial charge in [-0.3, -0.25) is 4.79 Å². The maximum Gasteiger partial charge on any atom is 0.335 e. The average molecular weight is 419 g/mol. The van der Waals surface area contributed by atoms with Gasteiger partial charge in [-0.1, -0.05) is 37.3 Å². The lowest BCUT2D eigenvalue weighted by Gasteiger charge is -2.24. The molecule has 4 rings (SSSR count). The maximum absolute atomic E-state index is 12.5. The lowest BCUT2D eigenvalue weighted by molar-refractivity contribution is -0.132. The Morgan fingerprint density at radius 1 is 1.00 bits per heavy atom. The number of benzene rings is 3. The van der Waals surface area contributed by atoms with Crippen molar-refractivity contribution in [1.29, 1.82) is 0 Å². The van der Waals surface area contributed by atoms with Gasteiger partial charge in [0.15, 0.2) is 0 Å². The Kier molecular flexibility index (Phi) is 6.07. The number of carboxylic acids is 1. The molecule has 1 saturated heterocycles. The molecular weight excluding hydrogens is 394 g/mol. The summed E-state index contributed by atoms with van der Waals surface area (Å²) in [7, 11) is 0. The van der Waals surface area contributed by atoms with Crippen LogP contribution in [-0.2, 0) is 4.79 Å². The first kappa shape index (κ1) is 20.7. The molecule has 31 heavy (non-hydrogen) atoms. The summed E-state index contributed by atoms with van der Waals surface area (Å²) < 4.78 is 12.1. The van der Waals surface area contributed by atoms with Gasteiger partial charge in [-0.15, -0.1) is 0 Å². The highest BCUT2D eigenvalue weighted by Crippen LogP contribution is 2.27. The predicted molar refractivity (Wildman–Crippen MR) is 118 cm³/mol. The van der Waals surface area contributed by atoms with Crippen LogP contribution >= 0.6 is 0 Å². The number of nitrogens with zero attached hydrogens (tertiary/aromatic N) is 1. The number of amides is 1. The summed E-state index contributed by atoms with van der Waals surface area (Å²) in [4.78, 5) is 25.3. The quantitative estimate of drug-likeness (QED) is 0.615. The van der Waals surface area contributed by atoms with Crippen LogP contribution in [0.2, 0.25) is 0 Å². The number of aromatic carboxylic acids is 1. The summed E-state index contributed by atoms with van der Waals surface area (Å²) in [5.74, 6) is 0.460. The molecule has 160 valence electrons. The molecule has 0 unspecified atom stereocenters. The summed E-state index contributed by atoms with van der Waals surface area (Å²) in [6, 6.07) is 20.3. The number of carboxylic acid groups (broad SMARTS) is 1. The van der Waals surface area contributed by atoms with E-state index < -0.39 is 5.97 Å². The Labute approximate surface area is 181 Å². The monoisotopic (exact) mass is 419 g/mol. The minimum atomic E-state index is -0.976. The minimum Gasteiger partial charge on any atom is -0.491 e. The maximum atomic E-state index is 12.5. The van der Waals surface area contributed by atoms with E-state index in [9.17, 15) is 9.59 Å². The number of fused-ring (bicyclic) bond motifs is 1. The third-order valence-corrected chi connectivity index (χ3v) is 5.57. The lowest BCUT2D eigenvalue weighted by atomic mass is 10.1. The summed E-state index contributed by atoms with van der Waals surface area (Å²) >= 11 is 0. The second-order valence-corrected chi connectivity index (χ2v) is 7.68. The molecule has 6 nitrogen and oxygen atoms in total. The highest BCUT2D eigenvalue weighted by atomic mass is 16.5. The molecule has 0 aliphatic carbocycles. The van der Waals surface area contributed by atoms with E-state index in [1.807, 2.05) is 42.2 Å². The first-order chi connectivity index (χ1) is 15.0. The van der Waals surface area contributed by atoms with Crippen LogP contribution in [0, 0.1) is 0 Å². The Hall–Kier alpha value is -3.54. The SMILES string of the molecule is CCC(=O)N1C[C@@H](Oc2ccc3ccccc3c2)C[C@H]1COc1ccc(C(=O)O)cc1. The van der Waals surface area contributed by atoms with Crippen molar-refractivity contribution in [3.8, 4) is 11.5 Å². The third kappa shape index (κ3) is 4.79. The van der Waals surface area contributed by atoms with Gasteiger partial charge in [-0.05, 0) is 47.2 Å². The van der Waals surface area contributed by atoms with Gasteiger partial charge in [-0.25, -0.2) is 4.79 Å². The van der Waals surface area contributed by atoms with Gasteiger partial charge < -0.3 is 19.5 Å². The van der Waals surface area contributed by atoms with Gasteiger partial charge in [0.2, 0.25) is 5.91 Å². The van der Waals surface area contributed by atoms with Crippen molar-refractivity contribution in [1.82, 2.24) is 4.90 Å². The van der Waals surface area contributed by atoms with Crippen LogP contribution in [0.5, 0.6) is 11.5 Å². The zero-order chi connectivity index (χ0) is 21.8. The second kappa shape index (κ2) is 9.08. The van der Waals surface area contributed by atoms with Crippen LogP contribution in [0.3, 0.4) is 0 Å². The van der Waals surface area contributed by atoms with Gasteiger partial charge in [0.1, 0.15) is 24.2 Å². The van der Waals surface area contributed by atoms with Gasteiger partial charge in [0, 0.05) is 12.8 Å². The number of hydrogen-bond acceptors (Lipinski definition) is 4. The van der Waals surface area contributed by atoms with Gasteiger partial charge in [0.25, 0.3) is 0 Å². The Bertz CT molecular complexity index is 1080. The van der Waals surface area contributed by atoms with Crippen molar-refractivity contribution in [3.63, 3.8) is 0 Å². The van der Waals surface area contributed by atoms with E-state index in [1.54, 1.807) is 12.1 Å². The molecule has 3 aromatic carbocycles. The van der Waals surface area contributed by atoms with Crippen molar-refractivity contribution in [3.05, 3.63) is 72.3 Å². The van der Waals surface area contributed by atoms with Gasteiger partial charge >= 0.3 is 5.97 Å². The molecule has 1 fully saturated rings. The van der Waals surface area contributed by atoms with Crippen LogP contribution in [0.25, 0.3) is 10.8 Å². The highest BCUT2D eigenvalue weighted by Gasteiger charge is 2.36. The van der Waals surface area contributed by atoms with Crippen LogP contribution in [0.15, 0.2) is 66.7 Å². The molecule has 1 N–H and O–H groups in total. The fourth-order valence-electron chi connectivity index (χ4n) is 3.94. The van der Waals surface area contributed by atoms with E-state index in [0.717, 1.165) is 16.5 Å². The summed E-state index contributed by atoms with van der Waals surface area (Å²) in [6.07, 6.45) is 0.984. The van der Waals surface area contributed by atoms with Crippen molar-refractivity contribution in [2.24, 2.45) is 0 Å². The van der Waals surface area contributed by atoms with Gasteiger partial charge in [-0.2, -0.15) is 0 Å². The zero-order valence-electron chi connectivity index (χ0n) is 17.4. The van der Waals surface area contributed by atoms with Crippen molar-refractivity contribution in [2.75, 3.05) is 13.2 Å². The first-order valence-electron chi connectivity index (χ1n) is 10.4. The number of carbonyl (C=O) groups is 2. The third-order valence-electron chi connectivity index (χ3n) is 5.57. The first-order valence-corrected chi connectivity index (χ1v) is 10.4. The molecule has 0 aromatic heterocycles. The summed E-state index contributed by atoms with van der Waals surface area (Å²) in [6.45, 7) is 2.70. The van der Waals surface area contributed by atoms with E-state index in [0.29, 0.717) is 31.7 Å². The second-order valence-electron chi connectivity index (χ2n) is 7.68. The van der Waals surface area contributed by atoms with E-state index in [2.05, 4.69) is 12.1 Å². The van der Waals surface area contributed by atoms with Crippen LogP contribution in [-0.4, -0.2) is 47.2 Å². The standard InChI is InChI=1S/C25H25NO5/c1-2-24(27)26-15-23(31-22-12-7-17-5-3-4-6-19(17)13-22)14-20(26)16-30-21-10-8-18(9-11-21)25(28)29/h3-13,20,23H,2,14-16H2,1H3,(H,28,29)/t20-,23-/m0/s1. The Morgan fingerprint density at radius 2 is 1.71 bits per heavy atom. The smallest absolute Gasteiger partial charge is 0.335 e. The Balaban J connectivity index is 1.42. The molecule has 1 aliphatic rings. The molecule has 1 amide bonds. The Morgan fingerprint density at radius 3 is 2.42 bits per heavy atom. The van der Waals surface area contributed by atoms with E-state index in [-0.39, 0.29) is 23.6 Å². The number of rotatable bonds is 7. The van der Waals surface area contributed by atoms with Crippen LogP contribution in [0.1, 0.15) is 30.1 Å². The van der Waals surface area contributed by atoms with E-state index in [4.69, 9.17) is 14.6 Å². The molecule has 3 aromatic rings. The van der Waals surface area contributed by atoms with E-state index >= 15 is 0 Å². The molecule has 1 aliphatic heterocycles. The van der Waals surface area contributed by atoms with E-state index in [1.165, 1.54) is 12.1 Å². The predicted octanol–water partition coefficient (Wildman–Crippen LogP) is 4.38. The molecule has 0 radical (unpaired) electrons. The van der Waals surface area contributed by atoms with Crippen molar-refractivity contribution >= 4 is 22.6 Å². The molecule has 0 saturated carbocycles. The molecule has 0 bridgehead atoms. The average Bonchev–Trinajstić information content (AvgIpc) is 3.19. The van der Waals surface area contributed by atoms with Gasteiger partial charge in [0.05, 0.1) is 18.2 Å². The largest absolute Gasteiger partial charge is 0.491 e. The lowest BCUT2D eigenvalue weighted by Crippen LogP contribution is -2.39. The molecule has 0 spiro atoms. The van der Waals surface area contributed by atoms with Crippen LogP contribution < -0.4 is 9.47 Å². The van der Waals surface area contributed by atoms with Crippen molar-refractivity contribution < 1.29 is 24.2 Å². The summed E-state index contributed by atoms with van der Waals surface area (Å²) in [5, 5.41) is 11.3. The highest BCUT2D eigenvalue weighted by molar-refractivity contribution is 5.87. The minimum absolute atomic E-state index is 0.0689. The fourth-order valence-corrected chi connectivity index (χ4v) is 3.94. The zero-order valence-corrected chi connectivity index (χ0v) is 17.4. The topological polar surface area (TPSA) is 76.1 Å². The number of likely N-dealkylation sites (tertiary alicyclic amines) is 1. The fraction of sp³-hybridized carbons (Fsp3) is 0.280. The molecule has 2 atom stereocenters. The van der Waals surface area contributed by atoms with Crippen LogP contribution in [0.4, 0.5) is 0 Å². The molecular formula is C25H25NO5. The normalized spacial score (nSPS) is 18.2. The molecule has 1 heterocycles. The van der Waals surface area contributed by atoms with Crippen molar-refractivity contribution in [2.45, 2.75) is 31.9 Å². The number of carbonyl (C=O) groups excluding carboxylic acids is 1. The number of hydrogen-bond donors (Lipinski definition) is 1. The molecule has 6 heteroatoms. The number of ether oxygens (including phenoxy) is 2. The summed E-state index contributed by atoms with van der Waals surface area (Å²) in [5.41, 5.74) is 0.208.